The van der Waals surface area contributed by atoms with Gasteiger partial charge in [-0.25, -0.2) is 4.79 Å². The number of ether oxygens (including phenoxy) is 4. The fraction of sp³-hybridized carbons (Fsp3) is 0.333. The summed E-state index contributed by atoms with van der Waals surface area (Å²) in [6, 6.07) is 10.5. The van der Waals surface area contributed by atoms with Gasteiger partial charge < -0.3 is 29.4 Å². The van der Waals surface area contributed by atoms with E-state index in [-0.39, 0.29) is 29.6 Å². The molecule has 0 radical (unpaired) electrons. The molecule has 1 aliphatic carbocycles. The fourth-order valence-electron chi connectivity index (χ4n) is 4.97. The maximum absolute atomic E-state index is 13.6. The van der Waals surface area contributed by atoms with Crippen molar-refractivity contribution in [1.82, 2.24) is 5.32 Å². The number of carbonyl (C=O) groups is 2. The molecule has 8 nitrogen and oxygen atoms in total. The second-order valence-corrected chi connectivity index (χ2v) is 8.55. The number of carbonyl (C=O) groups excluding carboxylic acids is 2. The van der Waals surface area contributed by atoms with Gasteiger partial charge >= 0.3 is 5.97 Å². The van der Waals surface area contributed by atoms with Crippen LogP contribution in [-0.4, -0.2) is 45.3 Å². The average molecular weight is 480 g/mol. The smallest absolute Gasteiger partial charge is 0.336 e. The summed E-state index contributed by atoms with van der Waals surface area (Å²) in [5, 5.41) is 13.4. The van der Waals surface area contributed by atoms with Crippen LogP contribution in [0.3, 0.4) is 0 Å². The molecule has 2 N–H and O–H groups in total. The molecule has 0 bridgehead atoms. The number of hydrogen-bond donors (Lipinski definition) is 2. The van der Waals surface area contributed by atoms with Crippen LogP contribution in [0.15, 0.2) is 58.9 Å². The number of phenols is 1. The van der Waals surface area contributed by atoms with Crippen molar-refractivity contribution in [3.8, 4) is 23.0 Å². The predicted molar refractivity (Wildman–Crippen MR) is 129 cm³/mol. The van der Waals surface area contributed by atoms with E-state index < -0.39 is 11.9 Å². The number of Topliss-reactive ketones (excluding diaryl/α,β-unsaturated/α-hetero) is 1. The monoisotopic (exact) mass is 479 g/mol. The molecule has 2 atom stereocenters. The zero-order valence-electron chi connectivity index (χ0n) is 20.4. The molecule has 0 fully saturated rings. The van der Waals surface area contributed by atoms with E-state index in [0.717, 1.165) is 11.3 Å². The highest BCUT2D eigenvalue weighted by atomic mass is 16.5. The highest BCUT2D eigenvalue weighted by Gasteiger charge is 2.41. The number of hydrogen-bond acceptors (Lipinski definition) is 8. The lowest BCUT2D eigenvalue weighted by molar-refractivity contribution is -0.136. The molecule has 4 rings (SSSR count). The molecule has 0 aromatic heterocycles. The molecule has 1 aliphatic heterocycles. The number of nitrogens with one attached hydrogen (secondary N) is 1. The Bertz CT molecular complexity index is 1240. The molecule has 0 spiro atoms. The van der Waals surface area contributed by atoms with Gasteiger partial charge in [-0.2, -0.15) is 0 Å². The number of methoxy groups -OCH3 is 4. The molecule has 0 saturated heterocycles. The predicted octanol–water partition coefficient (Wildman–Crippen LogP) is 3.95. The van der Waals surface area contributed by atoms with Gasteiger partial charge in [0.2, 0.25) is 0 Å². The van der Waals surface area contributed by atoms with Crippen molar-refractivity contribution in [2.75, 3.05) is 28.4 Å². The maximum Gasteiger partial charge on any atom is 0.336 e. The van der Waals surface area contributed by atoms with Crippen molar-refractivity contribution < 1.29 is 33.6 Å². The van der Waals surface area contributed by atoms with E-state index in [1.165, 1.54) is 20.3 Å². The normalized spacial score (nSPS) is 19.6. The van der Waals surface area contributed by atoms with Gasteiger partial charge in [0, 0.05) is 29.3 Å². The summed E-state index contributed by atoms with van der Waals surface area (Å²) < 4.78 is 21.1. The third-order valence-electron chi connectivity index (χ3n) is 6.65. The van der Waals surface area contributed by atoms with E-state index in [0.29, 0.717) is 40.3 Å². The standard InChI is InChI=1S/C27H29NO7/c1-14-24(27(31)35-5)25(16-6-8-19(29)22(13-16)33-3)26-18(28-14)10-17(11-20(26)30)15-7-9-21(32-2)23(12-15)34-4/h6-9,12-13,17,25,28-29H,10-11H2,1-5H3/t17-,25+/m1/s1. The molecule has 8 heteroatoms. The minimum Gasteiger partial charge on any atom is -0.504 e. The molecule has 2 aromatic rings. The minimum absolute atomic E-state index is 0.0248. The Morgan fingerprint density at radius 3 is 2.23 bits per heavy atom. The number of dihydropyridines is 1. The lowest BCUT2D eigenvalue weighted by Gasteiger charge is -2.36. The zero-order chi connectivity index (χ0) is 25.3. The first-order valence-electron chi connectivity index (χ1n) is 11.2. The quantitative estimate of drug-likeness (QED) is 0.601. The second kappa shape index (κ2) is 9.74. The van der Waals surface area contributed by atoms with Gasteiger partial charge in [0.1, 0.15) is 0 Å². The average Bonchev–Trinajstić information content (AvgIpc) is 2.87. The van der Waals surface area contributed by atoms with Crippen molar-refractivity contribution in [1.29, 1.82) is 0 Å². The molecule has 0 unspecified atom stereocenters. The van der Waals surface area contributed by atoms with Crippen LogP contribution < -0.4 is 19.5 Å². The summed E-state index contributed by atoms with van der Waals surface area (Å²) >= 11 is 0. The Balaban J connectivity index is 1.80. The third kappa shape index (κ3) is 4.32. The summed E-state index contributed by atoms with van der Waals surface area (Å²) in [5.41, 5.74) is 3.90. The largest absolute Gasteiger partial charge is 0.504 e. The third-order valence-corrected chi connectivity index (χ3v) is 6.65. The Kier molecular flexibility index (Phi) is 6.73. The van der Waals surface area contributed by atoms with Crippen LogP contribution in [0.1, 0.15) is 42.7 Å². The Hall–Kier alpha value is -3.94. The summed E-state index contributed by atoms with van der Waals surface area (Å²) in [7, 11) is 5.93. The summed E-state index contributed by atoms with van der Waals surface area (Å²) in [5.74, 6) is 0.157. The highest BCUT2D eigenvalue weighted by Crippen LogP contribution is 2.47. The van der Waals surface area contributed by atoms with Crippen molar-refractivity contribution in [2.45, 2.75) is 31.6 Å². The van der Waals surface area contributed by atoms with Crippen molar-refractivity contribution in [3.05, 3.63) is 70.1 Å². The fourth-order valence-corrected chi connectivity index (χ4v) is 4.97. The molecular weight excluding hydrogens is 450 g/mol. The first-order valence-corrected chi connectivity index (χ1v) is 11.2. The first-order chi connectivity index (χ1) is 16.8. The number of benzene rings is 2. The number of rotatable bonds is 6. The van der Waals surface area contributed by atoms with Crippen LogP contribution in [0.25, 0.3) is 0 Å². The zero-order valence-corrected chi connectivity index (χ0v) is 20.4. The number of allylic oxidation sites excluding steroid dienone is 3. The summed E-state index contributed by atoms with van der Waals surface area (Å²) in [6.45, 7) is 1.80. The molecule has 0 saturated carbocycles. The maximum atomic E-state index is 13.6. The van der Waals surface area contributed by atoms with Gasteiger partial charge in [-0.15, -0.1) is 0 Å². The molecule has 0 amide bonds. The number of phenolic OH excluding ortho intramolecular Hbond substituents is 1. The van der Waals surface area contributed by atoms with Gasteiger partial charge in [0.25, 0.3) is 0 Å². The first kappa shape index (κ1) is 24.2. The number of aromatic hydroxyl groups is 1. The van der Waals surface area contributed by atoms with Crippen LogP contribution in [0.2, 0.25) is 0 Å². The van der Waals surface area contributed by atoms with Gasteiger partial charge in [0.15, 0.2) is 28.8 Å². The minimum atomic E-state index is -0.646. The molecule has 1 heterocycles. The van der Waals surface area contributed by atoms with E-state index in [2.05, 4.69) is 5.32 Å². The van der Waals surface area contributed by atoms with Crippen LogP contribution in [0.4, 0.5) is 0 Å². The van der Waals surface area contributed by atoms with Crippen LogP contribution in [0, 0.1) is 0 Å². The number of ketones is 1. The molecule has 2 aliphatic rings. The van der Waals surface area contributed by atoms with Crippen molar-refractivity contribution >= 4 is 11.8 Å². The van der Waals surface area contributed by atoms with Crippen LogP contribution in [-0.2, 0) is 14.3 Å². The van der Waals surface area contributed by atoms with E-state index >= 15 is 0 Å². The van der Waals surface area contributed by atoms with E-state index in [1.807, 2.05) is 18.2 Å². The van der Waals surface area contributed by atoms with Gasteiger partial charge in [-0.05, 0) is 54.7 Å². The van der Waals surface area contributed by atoms with E-state index in [1.54, 1.807) is 33.3 Å². The van der Waals surface area contributed by atoms with Crippen molar-refractivity contribution in [3.63, 3.8) is 0 Å². The lowest BCUT2D eigenvalue weighted by Crippen LogP contribution is -2.36. The molecule has 2 aromatic carbocycles. The Morgan fingerprint density at radius 2 is 1.57 bits per heavy atom. The lowest BCUT2D eigenvalue weighted by atomic mass is 9.71. The van der Waals surface area contributed by atoms with E-state index in [4.69, 9.17) is 18.9 Å². The number of esters is 1. The van der Waals surface area contributed by atoms with Gasteiger partial charge in [-0.3, -0.25) is 4.79 Å². The molecular formula is C27H29NO7. The van der Waals surface area contributed by atoms with Gasteiger partial charge in [0.05, 0.1) is 34.0 Å². The molecule has 35 heavy (non-hydrogen) atoms. The molecule has 184 valence electrons. The summed E-state index contributed by atoms with van der Waals surface area (Å²) in [6.07, 6.45) is 0.850. The Morgan fingerprint density at radius 1 is 0.914 bits per heavy atom. The van der Waals surface area contributed by atoms with E-state index in [9.17, 15) is 14.7 Å². The van der Waals surface area contributed by atoms with Crippen LogP contribution >= 0.6 is 0 Å². The Labute approximate surface area is 204 Å². The SMILES string of the molecule is COC(=O)C1=C(C)NC2=C(C(=O)C[C@H](c3ccc(OC)c(OC)c3)C2)[C@H]1c1ccc(O)c(OC)c1. The van der Waals surface area contributed by atoms with Crippen molar-refractivity contribution in [2.24, 2.45) is 0 Å². The second-order valence-electron chi connectivity index (χ2n) is 8.55. The highest BCUT2D eigenvalue weighted by molar-refractivity contribution is 6.04. The van der Waals surface area contributed by atoms with Crippen LogP contribution in [0.5, 0.6) is 23.0 Å². The summed E-state index contributed by atoms with van der Waals surface area (Å²) in [4.78, 5) is 26.5. The topological polar surface area (TPSA) is 103 Å². The van der Waals surface area contributed by atoms with Gasteiger partial charge in [-0.1, -0.05) is 12.1 Å².